The molecule has 0 bridgehead atoms. The first-order valence-corrected chi connectivity index (χ1v) is 6.84. The number of hydrogen-bond donors (Lipinski definition) is 0. The van der Waals surface area contributed by atoms with Crippen LogP contribution in [0.5, 0.6) is 0 Å². The minimum absolute atomic E-state index is 0.225. The lowest BCUT2D eigenvalue weighted by molar-refractivity contribution is 0.0750. The van der Waals surface area contributed by atoms with E-state index in [-0.39, 0.29) is 5.41 Å². The highest BCUT2D eigenvalue weighted by atomic mass is 14.4. The van der Waals surface area contributed by atoms with Crippen LogP contribution in [0.3, 0.4) is 0 Å². The first kappa shape index (κ1) is 9.07. The van der Waals surface area contributed by atoms with Crippen LogP contribution in [-0.4, -0.2) is 0 Å². The van der Waals surface area contributed by atoms with E-state index in [2.05, 4.69) is 20.8 Å². The van der Waals surface area contributed by atoms with Crippen LogP contribution < -0.4 is 0 Å². The Morgan fingerprint density at radius 3 is 2.40 bits per heavy atom. The van der Waals surface area contributed by atoms with Gasteiger partial charge in [-0.25, -0.2) is 0 Å². The van der Waals surface area contributed by atoms with Gasteiger partial charge < -0.3 is 0 Å². The minimum atomic E-state index is -1.01. The topological polar surface area (TPSA) is 0 Å². The van der Waals surface area contributed by atoms with Gasteiger partial charge in [-0.1, -0.05) is 59.3 Å². The van der Waals surface area contributed by atoms with Gasteiger partial charge in [0.15, 0.2) is 0 Å². The van der Waals surface area contributed by atoms with E-state index in [1.165, 1.54) is 38.5 Å². The zero-order chi connectivity index (χ0) is 12.7. The molecule has 0 aromatic heterocycles. The van der Waals surface area contributed by atoms with E-state index in [1.807, 2.05) is 0 Å². The molecule has 0 nitrogen and oxygen atoms in total. The minimum Gasteiger partial charge on any atom is -0.0602 e. The Bertz CT molecular complexity index is 263. The smallest absolute Gasteiger partial charge is 0.0275 e. The van der Waals surface area contributed by atoms with Gasteiger partial charge in [0.2, 0.25) is 0 Å². The molecule has 0 radical (unpaired) electrons. The molecule has 0 spiro atoms. The Hall–Kier alpha value is 0. The van der Waals surface area contributed by atoms with Crippen LogP contribution in [-0.2, 0) is 0 Å². The third-order valence-corrected chi connectivity index (χ3v) is 4.19. The second kappa shape index (κ2) is 4.47. The van der Waals surface area contributed by atoms with Crippen molar-refractivity contribution >= 4 is 0 Å². The molecule has 0 heterocycles. The molecule has 2 aliphatic carbocycles. The van der Waals surface area contributed by atoms with Crippen molar-refractivity contribution in [3.63, 3.8) is 0 Å². The van der Waals surface area contributed by atoms with Gasteiger partial charge in [0.1, 0.15) is 0 Å². The highest BCUT2D eigenvalue weighted by Gasteiger charge is 2.36. The van der Waals surface area contributed by atoms with E-state index in [0.29, 0.717) is 11.8 Å². The summed E-state index contributed by atoms with van der Waals surface area (Å²) >= 11 is 0. The van der Waals surface area contributed by atoms with Crippen molar-refractivity contribution in [1.29, 1.82) is 0 Å². The Morgan fingerprint density at radius 2 is 1.67 bits per heavy atom. The molecule has 2 aliphatic rings. The van der Waals surface area contributed by atoms with E-state index in [9.17, 15) is 0 Å². The SMILES string of the molecule is [2H]C([2H])(C1CCCC2CCCCC21)C(C)(C)C. The van der Waals surface area contributed by atoms with E-state index in [4.69, 9.17) is 2.74 Å². The quantitative estimate of drug-likeness (QED) is 0.569. The average molecular weight is 210 g/mol. The molecule has 3 unspecified atom stereocenters. The molecule has 0 aliphatic heterocycles. The molecular formula is C15H28. The monoisotopic (exact) mass is 210 g/mol. The highest BCUT2D eigenvalue weighted by Crippen LogP contribution is 2.47. The van der Waals surface area contributed by atoms with Gasteiger partial charge >= 0.3 is 0 Å². The van der Waals surface area contributed by atoms with Gasteiger partial charge in [-0.3, -0.25) is 0 Å². The maximum Gasteiger partial charge on any atom is 0.0275 e. The summed E-state index contributed by atoms with van der Waals surface area (Å²) in [6, 6.07) is 0. The van der Waals surface area contributed by atoms with Crippen LogP contribution >= 0.6 is 0 Å². The predicted molar refractivity (Wildman–Crippen MR) is 66.9 cm³/mol. The van der Waals surface area contributed by atoms with Crippen molar-refractivity contribution < 1.29 is 2.74 Å². The van der Waals surface area contributed by atoms with Gasteiger partial charge in [0.05, 0.1) is 0 Å². The average Bonchev–Trinajstić information content (AvgIpc) is 2.26. The number of fused-ring (bicyclic) bond motifs is 1. The van der Waals surface area contributed by atoms with Crippen LogP contribution in [0.25, 0.3) is 0 Å². The standard InChI is InChI=1S/C15H28/c1-15(2,3)11-13-9-6-8-12-7-4-5-10-14(12)13/h12-14H,4-11H2,1-3H3/i11D2. The molecule has 0 aromatic carbocycles. The fourth-order valence-corrected chi connectivity index (χ4v) is 3.67. The second-order valence-corrected chi connectivity index (χ2v) is 6.64. The fourth-order valence-electron chi connectivity index (χ4n) is 3.67. The predicted octanol–water partition coefficient (Wildman–Crippen LogP) is 5.03. The Kier molecular flexibility index (Phi) is 2.71. The third kappa shape index (κ3) is 2.98. The molecular weight excluding hydrogens is 180 g/mol. The lowest BCUT2D eigenvalue weighted by atomic mass is 9.62. The number of rotatable bonds is 1. The zero-order valence-electron chi connectivity index (χ0n) is 12.7. The summed E-state index contributed by atoms with van der Waals surface area (Å²) in [5, 5.41) is 0. The van der Waals surface area contributed by atoms with Gasteiger partial charge in [0, 0.05) is 2.74 Å². The fraction of sp³-hybridized carbons (Fsp3) is 1.00. The van der Waals surface area contributed by atoms with Crippen molar-refractivity contribution in [2.24, 2.45) is 23.2 Å². The molecule has 0 N–H and O–H groups in total. The molecule has 2 saturated carbocycles. The summed E-state index contributed by atoms with van der Waals surface area (Å²) in [5.74, 6) is 1.81. The maximum atomic E-state index is 8.56. The molecule has 2 fully saturated rings. The first-order chi connectivity index (χ1) is 7.84. The molecule has 15 heavy (non-hydrogen) atoms. The molecule has 2 rings (SSSR count). The van der Waals surface area contributed by atoms with Gasteiger partial charge in [-0.05, 0) is 36.0 Å². The van der Waals surface area contributed by atoms with Crippen LogP contribution in [0, 0.1) is 23.2 Å². The Labute approximate surface area is 98.6 Å². The van der Waals surface area contributed by atoms with Gasteiger partial charge in [-0.2, -0.15) is 0 Å². The lowest BCUT2D eigenvalue weighted by Crippen LogP contribution is -2.33. The molecule has 0 heteroatoms. The molecule has 0 aromatic rings. The molecule has 0 amide bonds. The first-order valence-electron chi connectivity index (χ1n) is 7.84. The summed E-state index contributed by atoms with van der Waals surface area (Å²) in [7, 11) is 0. The summed E-state index contributed by atoms with van der Waals surface area (Å²) < 4.78 is 17.1. The third-order valence-electron chi connectivity index (χ3n) is 4.19. The van der Waals surface area contributed by atoms with Crippen molar-refractivity contribution in [2.45, 2.75) is 72.1 Å². The summed E-state index contributed by atoms with van der Waals surface area (Å²) in [6.45, 7) is 6.21. The Morgan fingerprint density at radius 1 is 1.00 bits per heavy atom. The van der Waals surface area contributed by atoms with Crippen LogP contribution in [0.2, 0.25) is 0 Å². The van der Waals surface area contributed by atoms with Crippen molar-refractivity contribution in [3.8, 4) is 0 Å². The maximum absolute atomic E-state index is 8.56. The van der Waals surface area contributed by atoms with Crippen LogP contribution in [0.4, 0.5) is 0 Å². The van der Waals surface area contributed by atoms with Crippen molar-refractivity contribution in [2.75, 3.05) is 0 Å². The van der Waals surface area contributed by atoms with Gasteiger partial charge in [0.25, 0.3) is 0 Å². The Balaban J connectivity index is 2.18. The lowest BCUT2D eigenvalue weighted by Gasteiger charge is -2.43. The molecule has 0 saturated heterocycles. The highest BCUT2D eigenvalue weighted by molar-refractivity contribution is 4.87. The zero-order valence-corrected chi connectivity index (χ0v) is 10.7. The largest absolute Gasteiger partial charge is 0.0602 e. The normalized spacial score (nSPS) is 40.3. The summed E-state index contributed by atoms with van der Waals surface area (Å²) in [5.41, 5.74) is -0.225. The van der Waals surface area contributed by atoms with E-state index >= 15 is 0 Å². The summed E-state index contributed by atoms with van der Waals surface area (Å²) in [6.07, 6.45) is 8.08. The molecule has 3 atom stereocenters. The van der Waals surface area contributed by atoms with Crippen molar-refractivity contribution in [3.05, 3.63) is 0 Å². The van der Waals surface area contributed by atoms with E-state index in [0.717, 1.165) is 12.3 Å². The van der Waals surface area contributed by atoms with Crippen LogP contribution in [0.15, 0.2) is 0 Å². The van der Waals surface area contributed by atoms with Crippen LogP contribution in [0.1, 0.15) is 74.8 Å². The van der Waals surface area contributed by atoms with Crippen molar-refractivity contribution in [1.82, 2.24) is 0 Å². The van der Waals surface area contributed by atoms with E-state index < -0.39 is 6.37 Å². The summed E-state index contributed by atoms with van der Waals surface area (Å²) in [4.78, 5) is 0. The van der Waals surface area contributed by atoms with E-state index in [1.54, 1.807) is 0 Å². The van der Waals surface area contributed by atoms with Gasteiger partial charge in [-0.15, -0.1) is 0 Å². The molecule has 88 valence electrons. The second-order valence-electron chi connectivity index (χ2n) is 6.64. The number of hydrogen-bond acceptors (Lipinski definition) is 0.